The Kier molecular flexibility index (Phi) is 6.21. The number of amides is 1. The van der Waals surface area contributed by atoms with Gasteiger partial charge < -0.3 is 15.0 Å². The molecular formula is C35H27N3O6. The first kappa shape index (κ1) is 27.3. The van der Waals surface area contributed by atoms with Crippen LogP contribution in [-0.4, -0.2) is 41.6 Å². The maximum absolute atomic E-state index is 14.9. The van der Waals surface area contributed by atoms with Crippen LogP contribution in [0.4, 0.5) is 17.1 Å². The number of hydrogen-bond donors (Lipinski definition) is 1. The molecule has 4 aromatic carbocycles. The summed E-state index contributed by atoms with van der Waals surface area (Å²) in [6.45, 7) is 1.97. The number of nitrogens with zero attached hydrogens (tertiary/aromatic N) is 2. The maximum Gasteiger partial charge on any atom is 0.269 e. The number of nitro groups is 1. The molecule has 3 heterocycles. The predicted octanol–water partition coefficient (Wildman–Crippen LogP) is 5.85. The smallest absolute Gasteiger partial charge is 0.269 e. The summed E-state index contributed by atoms with van der Waals surface area (Å²) >= 11 is 0. The fourth-order valence-corrected chi connectivity index (χ4v) is 7.24. The van der Waals surface area contributed by atoms with Crippen molar-refractivity contribution in [2.24, 2.45) is 5.92 Å². The van der Waals surface area contributed by atoms with E-state index < -0.39 is 34.1 Å². The van der Waals surface area contributed by atoms with Crippen LogP contribution in [0.15, 0.2) is 103 Å². The average molecular weight is 586 g/mol. The number of hydrogen-bond acceptors (Lipinski definition) is 7. The predicted molar refractivity (Wildman–Crippen MR) is 165 cm³/mol. The van der Waals surface area contributed by atoms with Crippen molar-refractivity contribution in [2.75, 3.05) is 17.3 Å². The molecule has 9 nitrogen and oxygen atoms in total. The Morgan fingerprint density at radius 2 is 1.52 bits per heavy atom. The van der Waals surface area contributed by atoms with E-state index in [1.54, 1.807) is 30.3 Å². The molecule has 0 aliphatic carbocycles. The van der Waals surface area contributed by atoms with Crippen LogP contribution >= 0.6 is 0 Å². The van der Waals surface area contributed by atoms with Gasteiger partial charge in [0.2, 0.25) is 5.91 Å². The molecule has 0 aromatic heterocycles. The lowest BCUT2D eigenvalue weighted by atomic mass is 9.64. The van der Waals surface area contributed by atoms with Crippen LogP contribution in [0.25, 0.3) is 5.57 Å². The van der Waals surface area contributed by atoms with Gasteiger partial charge in [0.1, 0.15) is 17.2 Å². The molecule has 218 valence electrons. The molecule has 3 aliphatic rings. The number of anilines is 2. The Morgan fingerprint density at radius 3 is 2.23 bits per heavy atom. The monoisotopic (exact) mass is 585 g/mol. The zero-order valence-electron chi connectivity index (χ0n) is 23.9. The normalized spacial score (nSPS) is 22.9. The molecule has 1 fully saturated rings. The van der Waals surface area contributed by atoms with Gasteiger partial charge in [-0.1, -0.05) is 42.5 Å². The largest absolute Gasteiger partial charge is 0.497 e. The van der Waals surface area contributed by atoms with E-state index in [0.717, 1.165) is 16.8 Å². The Labute approximate surface area is 252 Å². The van der Waals surface area contributed by atoms with E-state index >= 15 is 0 Å². The molecule has 0 radical (unpaired) electrons. The zero-order valence-corrected chi connectivity index (χ0v) is 23.9. The van der Waals surface area contributed by atoms with Crippen molar-refractivity contribution >= 4 is 40.1 Å². The van der Waals surface area contributed by atoms with Gasteiger partial charge in [0.15, 0.2) is 11.6 Å². The van der Waals surface area contributed by atoms with Gasteiger partial charge in [-0.15, -0.1) is 0 Å². The number of non-ortho nitro benzene ring substituents is 1. The lowest BCUT2D eigenvalue weighted by Crippen LogP contribution is -2.51. The van der Waals surface area contributed by atoms with Gasteiger partial charge in [-0.3, -0.25) is 24.5 Å². The highest BCUT2D eigenvalue weighted by Crippen LogP contribution is 2.58. The van der Waals surface area contributed by atoms with Gasteiger partial charge in [-0.2, -0.15) is 0 Å². The molecule has 0 unspecified atom stereocenters. The lowest BCUT2D eigenvalue weighted by molar-refractivity contribution is -0.384. The van der Waals surface area contributed by atoms with E-state index in [1.807, 2.05) is 60.4 Å². The van der Waals surface area contributed by atoms with Crippen molar-refractivity contribution in [3.8, 4) is 5.75 Å². The number of fused-ring (bicyclic) bond motifs is 6. The number of nitro benzene ring substituents is 1. The van der Waals surface area contributed by atoms with Gasteiger partial charge >= 0.3 is 0 Å². The summed E-state index contributed by atoms with van der Waals surface area (Å²) in [6.07, 6.45) is 1.99. The van der Waals surface area contributed by atoms with Crippen LogP contribution in [-0.2, 0) is 10.2 Å². The summed E-state index contributed by atoms with van der Waals surface area (Å²) in [4.78, 5) is 56.9. The lowest BCUT2D eigenvalue weighted by Gasteiger charge is -2.39. The number of carbonyl (C=O) groups excluding carboxylic acids is 3. The first-order chi connectivity index (χ1) is 21.3. The highest BCUT2D eigenvalue weighted by atomic mass is 16.6. The first-order valence-corrected chi connectivity index (χ1v) is 14.2. The number of carbonyl (C=O) groups is 3. The fourth-order valence-electron chi connectivity index (χ4n) is 7.24. The van der Waals surface area contributed by atoms with Crippen LogP contribution in [0.5, 0.6) is 5.75 Å². The minimum Gasteiger partial charge on any atom is -0.497 e. The third-order valence-corrected chi connectivity index (χ3v) is 9.17. The second kappa shape index (κ2) is 10.0. The van der Waals surface area contributed by atoms with Crippen LogP contribution in [0.2, 0.25) is 0 Å². The molecule has 4 atom stereocenters. The van der Waals surface area contributed by atoms with E-state index in [9.17, 15) is 24.5 Å². The number of nitrogens with one attached hydrogen (secondary N) is 1. The quantitative estimate of drug-likeness (QED) is 0.171. The average Bonchev–Trinajstić information content (AvgIpc) is 3.52. The van der Waals surface area contributed by atoms with Crippen LogP contribution in [0.3, 0.4) is 0 Å². The van der Waals surface area contributed by atoms with E-state index in [2.05, 4.69) is 5.32 Å². The van der Waals surface area contributed by atoms with Crippen molar-refractivity contribution in [3.05, 3.63) is 136 Å². The first-order valence-electron chi connectivity index (χ1n) is 14.2. The number of methoxy groups -OCH3 is 1. The van der Waals surface area contributed by atoms with Gasteiger partial charge in [0.25, 0.3) is 5.69 Å². The Hall–Kier alpha value is -5.57. The van der Waals surface area contributed by atoms with Gasteiger partial charge in [-0.25, -0.2) is 0 Å². The number of ketones is 2. The van der Waals surface area contributed by atoms with Crippen molar-refractivity contribution in [3.63, 3.8) is 0 Å². The minimum atomic E-state index is -1.45. The molecule has 1 amide bonds. The van der Waals surface area contributed by atoms with E-state index in [1.165, 1.54) is 31.4 Å². The minimum absolute atomic E-state index is 0.154. The molecule has 7 rings (SSSR count). The van der Waals surface area contributed by atoms with Crippen molar-refractivity contribution < 1.29 is 24.0 Å². The molecule has 3 aliphatic heterocycles. The molecule has 1 spiro atoms. The number of benzene rings is 4. The number of ether oxygens (including phenoxy) is 1. The molecule has 9 heteroatoms. The van der Waals surface area contributed by atoms with E-state index in [-0.39, 0.29) is 22.9 Å². The standard InChI is InChI=1S/C35H27N3O6/c1-20-19-29-35(26-8-4-5-9-27(26)36-34(35)41)30(32(39)21-13-17-24(44-2)18-14-21)31(37(29)28-10-6-3-7-25(20)28)33(40)22-11-15-23(16-12-22)38(42)43/h3-19,29-31H,1-2H3,(H,36,41)/t29-,30+,31+,35-/m0/s1. The number of Topliss-reactive ketones (excluding diaryl/α,β-unsaturated/α-hetero) is 2. The Bertz CT molecular complexity index is 1900. The molecule has 1 saturated heterocycles. The topological polar surface area (TPSA) is 119 Å². The van der Waals surface area contributed by atoms with Crippen LogP contribution in [0, 0.1) is 16.0 Å². The van der Waals surface area contributed by atoms with Crippen molar-refractivity contribution in [1.29, 1.82) is 0 Å². The molecule has 0 bridgehead atoms. The van der Waals surface area contributed by atoms with Crippen molar-refractivity contribution in [1.82, 2.24) is 0 Å². The molecule has 0 saturated carbocycles. The molecule has 4 aromatic rings. The Morgan fingerprint density at radius 1 is 0.886 bits per heavy atom. The summed E-state index contributed by atoms with van der Waals surface area (Å²) in [5, 5.41) is 14.4. The van der Waals surface area contributed by atoms with Crippen LogP contribution in [0.1, 0.15) is 38.8 Å². The summed E-state index contributed by atoms with van der Waals surface area (Å²) in [6, 6.07) is 25.2. The summed E-state index contributed by atoms with van der Waals surface area (Å²) in [5.41, 5.74) is 2.74. The third-order valence-electron chi connectivity index (χ3n) is 9.17. The molecule has 44 heavy (non-hydrogen) atoms. The van der Waals surface area contributed by atoms with E-state index in [4.69, 9.17) is 4.74 Å². The second-order valence-corrected chi connectivity index (χ2v) is 11.3. The van der Waals surface area contributed by atoms with Gasteiger partial charge in [-0.05, 0) is 66.6 Å². The maximum atomic E-state index is 14.9. The van der Waals surface area contributed by atoms with E-state index in [0.29, 0.717) is 22.6 Å². The number of para-hydroxylation sites is 2. The number of allylic oxidation sites excluding steroid dienone is 1. The second-order valence-electron chi connectivity index (χ2n) is 11.3. The van der Waals surface area contributed by atoms with Gasteiger partial charge in [0.05, 0.1) is 24.0 Å². The van der Waals surface area contributed by atoms with Crippen molar-refractivity contribution in [2.45, 2.75) is 24.4 Å². The molecular weight excluding hydrogens is 558 g/mol. The highest BCUT2D eigenvalue weighted by molar-refractivity contribution is 6.18. The summed E-state index contributed by atoms with van der Waals surface area (Å²) < 4.78 is 5.31. The van der Waals surface area contributed by atoms with Crippen LogP contribution < -0.4 is 15.0 Å². The highest BCUT2D eigenvalue weighted by Gasteiger charge is 2.70. The van der Waals surface area contributed by atoms with Gasteiger partial charge in [0, 0.05) is 40.2 Å². The SMILES string of the molecule is COc1ccc(C(=O)[C@H]2[C@H](C(=O)c3ccc([N+](=O)[O-])cc3)N3c4ccccc4C(C)=C[C@H]3[C@]23C(=O)Nc2ccccc23)cc1. The number of rotatable bonds is 6. The molecule has 1 N–H and O–H groups in total. The summed E-state index contributed by atoms with van der Waals surface area (Å²) in [7, 11) is 1.53. The Balaban J connectivity index is 1.52. The zero-order chi connectivity index (χ0) is 30.7. The fraction of sp³-hybridized carbons (Fsp3) is 0.171. The third kappa shape index (κ3) is 3.75. The summed E-state index contributed by atoms with van der Waals surface area (Å²) in [5.74, 6) is -1.72.